The smallest absolute Gasteiger partial charge is 0.279 e. The molecule has 2 heterocycles. The van der Waals surface area contributed by atoms with E-state index in [0.717, 1.165) is 0 Å². The summed E-state index contributed by atoms with van der Waals surface area (Å²) < 4.78 is 1.49. The van der Waals surface area contributed by atoms with Gasteiger partial charge >= 0.3 is 0 Å². The lowest BCUT2D eigenvalue weighted by molar-refractivity contribution is 0.790. The minimum atomic E-state index is -0.0880. The van der Waals surface area contributed by atoms with Gasteiger partial charge in [0.1, 0.15) is 16.9 Å². The van der Waals surface area contributed by atoms with Crippen molar-refractivity contribution in [3.8, 4) is 0 Å². The Morgan fingerprint density at radius 3 is 3.08 bits per heavy atom. The van der Waals surface area contributed by atoms with Gasteiger partial charge in [0.05, 0.1) is 6.20 Å². The number of hydrogen-bond acceptors (Lipinski definition) is 3. The van der Waals surface area contributed by atoms with Gasteiger partial charge in [-0.05, 0) is 6.92 Å². The maximum atomic E-state index is 11.5. The number of rotatable bonds is 0. The van der Waals surface area contributed by atoms with Crippen molar-refractivity contribution in [2.24, 2.45) is 7.05 Å². The van der Waals surface area contributed by atoms with E-state index in [1.165, 1.54) is 4.57 Å². The first-order valence-electron chi connectivity index (χ1n) is 3.57. The summed E-state index contributed by atoms with van der Waals surface area (Å²) in [7, 11) is 1.69. The predicted molar refractivity (Wildman–Crippen MR) is 43.9 cm³/mol. The molecule has 0 spiro atoms. The molecule has 5 heteroatoms. The zero-order valence-corrected chi connectivity index (χ0v) is 6.83. The molecule has 0 amide bonds. The van der Waals surface area contributed by atoms with Gasteiger partial charge in [0.25, 0.3) is 5.56 Å². The third-order valence-corrected chi connectivity index (χ3v) is 1.91. The zero-order chi connectivity index (χ0) is 8.72. The van der Waals surface area contributed by atoms with Crippen LogP contribution in [0.5, 0.6) is 0 Å². The zero-order valence-electron chi connectivity index (χ0n) is 6.83. The first-order valence-corrected chi connectivity index (χ1v) is 3.57. The highest BCUT2D eigenvalue weighted by molar-refractivity contribution is 5.71. The van der Waals surface area contributed by atoms with E-state index in [4.69, 9.17) is 0 Å². The molecule has 2 aromatic heterocycles. The van der Waals surface area contributed by atoms with Crippen LogP contribution in [0.3, 0.4) is 0 Å². The number of fused-ring (bicyclic) bond motifs is 1. The molecule has 0 fully saturated rings. The summed E-state index contributed by atoms with van der Waals surface area (Å²) in [5, 5.41) is 6.35. The molecule has 0 bridgehead atoms. The summed E-state index contributed by atoms with van der Waals surface area (Å²) in [5.41, 5.74) is 0.994. The molecule has 0 aliphatic rings. The van der Waals surface area contributed by atoms with Gasteiger partial charge in [0.15, 0.2) is 0 Å². The first-order chi connectivity index (χ1) is 5.70. The summed E-state index contributed by atoms with van der Waals surface area (Å²) in [6.07, 6.45) is 1.55. The first kappa shape index (κ1) is 7.02. The second-order valence-corrected chi connectivity index (χ2v) is 2.65. The highest BCUT2D eigenvalue weighted by Crippen LogP contribution is 2.01. The Hall–Kier alpha value is -1.65. The number of H-pyrrole nitrogens is 1. The molecule has 0 aliphatic heterocycles. The fourth-order valence-corrected chi connectivity index (χ4v) is 1.09. The molecule has 0 unspecified atom stereocenters. The summed E-state index contributed by atoms with van der Waals surface area (Å²) in [4.78, 5) is 15.6. The monoisotopic (exact) mass is 164 g/mol. The van der Waals surface area contributed by atoms with Crippen molar-refractivity contribution in [1.29, 1.82) is 0 Å². The second kappa shape index (κ2) is 2.17. The molecule has 0 atom stereocenters. The second-order valence-electron chi connectivity index (χ2n) is 2.65. The van der Waals surface area contributed by atoms with Crippen LogP contribution in [0.15, 0.2) is 11.0 Å². The normalized spacial score (nSPS) is 10.8. The highest BCUT2D eigenvalue weighted by Gasteiger charge is 2.05. The number of hydrogen-bond donors (Lipinski definition) is 1. The quantitative estimate of drug-likeness (QED) is 0.594. The summed E-state index contributed by atoms with van der Waals surface area (Å²) in [6, 6.07) is 0. The van der Waals surface area contributed by atoms with Crippen LogP contribution in [0.2, 0.25) is 0 Å². The average Bonchev–Trinajstić information content (AvgIpc) is 2.48. The molecule has 0 saturated carbocycles. The lowest BCUT2D eigenvalue weighted by Gasteiger charge is -1.99. The Morgan fingerprint density at radius 1 is 1.58 bits per heavy atom. The van der Waals surface area contributed by atoms with E-state index in [0.29, 0.717) is 16.9 Å². The summed E-state index contributed by atoms with van der Waals surface area (Å²) in [6.45, 7) is 1.79. The van der Waals surface area contributed by atoms with Crippen LogP contribution in [0.4, 0.5) is 0 Å². The fourth-order valence-electron chi connectivity index (χ4n) is 1.09. The molecule has 12 heavy (non-hydrogen) atoms. The Morgan fingerprint density at radius 2 is 2.33 bits per heavy atom. The van der Waals surface area contributed by atoms with Crippen LogP contribution in [0.25, 0.3) is 11.0 Å². The Balaban J connectivity index is 3.05. The van der Waals surface area contributed by atoms with E-state index in [1.54, 1.807) is 20.2 Å². The third kappa shape index (κ3) is 0.761. The number of aromatic amines is 1. The molecule has 0 radical (unpaired) electrons. The van der Waals surface area contributed by atoms with Gasteiger partial charge in [0.2, 0.25) is 0 Å². The van der Waals surface area contributed by atoms with Crippen molar-refractivity contribution in [3.63, 3.8) is 0 Å². The lowest BCUT2D eigenvalue weighted by atomic mass is 10.4. The topological polar surface area (TPSA) is 63.6 Å². The standard InChI is InChI=1S/C7H8N4O/c1-4-9-5-3-8-10-6(5)7(12)11(4)2/h3H,1-2H3,(H,8,10). The van der Waals surface area contributed by atoms with Crippen LogP contribution < -0.4 is 5.56 Å². The average molecular weight is 164 g/mol. The van der Waals surface area contributed by atoms with Crippen molar-refractivity contribution in [3.05, 3.63) is 22.4 Å². The largest absolute Gasteiger partial charge is 0.298 e. The number of aryl methyl sites for hydroxylation is 1. The number of aromatic nitrogens is 4. The van der Waals surface area contributed by atoms with Crippen molar-refractivity contribution >= 4 is 11.0 Å². The third-order valence-electron chi connectivity index (χ3n) is 1.91. The van der Waals surface area contributed by atoms with Crippen molar-refractivity contribution in [2.75, 3.05) is 0 Å². The molecule has 0 aliphatic carbocycles. The van der Waals surface area contributed by atoms with Crippen LogP contribution in [0, 0.1) is 6.92 Å². The van der Waals surface area contributed by atoms with E-state index >= 15 is 0 Å². The van der Waals surface area contributed by atoms with Gasteiger partial charge in [-0.3, -0.25) is 14.5 Å². The molecule has 2 rings (SSSR count). The molecule has 2 aromatic rings. The van der Waals surface area contributed by atoms with Crippen molar-refractivity contribution < 1.29 is 0 Å². The van der Waals surface area contributed by atoms with Gasteiger partial charge in [-0.15, -0.1) is 0 Å². The summed E-state index contributed by atoms with van der Waals surface area (Å²) in [5.74, 6) is 0.689. The van der Waals surface area contributed by atoms with Crippen molar-refractivity contribution in [1.82, 2.24) is 19.7 Å². The molecule has 62 valence electrons. The molecule has 0 saturated heterocycles. The molecule has 1 N–H and O–H groups in total. The van der Waals surface area contributed by atoms with Gasteiger partial charge in [-0.2, -0.15) is 5.10 Å². The maximum Gasteiger partial charge on any atom is 0.279 e. The Kier molecular flexibility index (Phi) is 1.27. The van der Waals surface area contributed by atoms with E-state index in [9.17, 15) is 4.79 Å². The minimum absolute atomic E-state index is 0.0880. The molecule has 5 nitrogen and oxygen atoms in total. The van der Waals surface area contributed by atoms with Crippen LogP contribution in [0.1, 0.15) is 5.82 Å². The molecular weight excluding hydrogens is 156 g/mol. The molecular formula is C7H8N4O. The predicted octanol–water partition coefficient (Wildman–Crippen LogP) is -0.0350. The van der Waals surface area contributed by atoms with Crippen molar-refractivity contribution in [2.45, 2.75) is 6.92 Å². The van der Waals surface area contributed by atoms with Crippen LogP contribution in [-0.2, 0) is 7.05 Å². The van der Waals surface area contributed by atoms with E-state index < -0.39 is 0 Å². The highest BCUT2D eigenvalue weighted by atomic mass is 16.1. The summed E-state index contributed by atoms with van der Waals surface area (Å²) >= 11 is 0. The SMILES string of the molecule is Cc1nc2cn[nH]c2c(=O)n1C. The maximum absolute atomic E-state index is 11.5. The van der Waals surface area contributed by atoms with Gasteiger partial charge < -0.3 is 0 Å². The fraction of sp³-hybridized carbons (Fsp3) is 0.286. The Bertz CT molecular complexity index is 482. The minimum Gasteiger partial charge on any atom is -0.298 e. The van der Waals surface area contributed by atoms with E-state index in [1.807, 2.05) is 0 Å². The Labute approximate surface area is 68.1 Å². The van der Waals surface area contributed by atoms with Gasteiger partial charge in [-0.1, -0.05) is 0 Å². The number of nitrogens with one attached hydrogen (secondary N) is 1. The van der Waals surface area contributed by atoms with E-state index in [2.05, 4.69) is 15.2 Å². The van der Waals surface area contributed by atoms with Gasteiger partial charge in [0, 0.05) is 7.05 Å². The number of nitrogens with zero attached hydrogens (tertiary/aromatic N) is 3. The van der Waals surface area contributed by atoms with Crippen LogP contribution >= 0.6 is 0 Å². The van der Waals surface area contributed by atoms with E-state index in [-0.39, 0.29) is 5.56 Å². The van der Waals surface area contributed by atoms with Crippen LogP contribution in [-0.4, -0.2) is 19.7 Å². The molecule has 0 aromatic carbocycles. The van der Waals surface area contributed by atoms with Gasteiger partial charge in [-0.25, -0.2) is 4.98 Å². The lowest BCUT2D eigenvalue weighted by Crippen LogP contribution is -2.20.